The highest BCUT2D eigenvalue weighted by atomic mass is 32.2. The van der Waals surface area contributed by atoms with Crippen LogP contribution >= 0.6 is 11.8 Å². The molecule has 0 aliphatic carbocycles. The summed E-state index contributed by atoms with van der Waals surface area (Å²) in [7, 11) is 0. The minimum atomic E-state index is -0.806. The van der Waals surface area contributed by atoms with Gasteiger partial charge in [0.1, 0.15) is 17.1 Å². The second-order valence-corrected chi connectivity index (χ2v) is 5.66. The topological polar surface area (TPSA) is 98.8 Å². The number of pyridine rings is 1. The molecule has 18 heavy (non-hydrogen) atoms. The van der Waals surface area contributed by atoms with Crippen molar-refractivity contribution in [1.29, 1.82) is 5.41 Å². The molecule has 0 saturated carbocycles. The van der Waals surface area contributed by atoms with Crippen LogP contribution < -0.4 is 5.73 Å². The summed E-state index contributed by atoms with van der Waals surface area (Å²) in [6.07, 6.45) is 2.35. The van der Waals surface area contributed by atoms with Gasteiger partial charge in [0.25, 0.3) is 0 Å². The Morgan fingerprint density at radius 1 is 1.61 bits per heavy atom. The fourth-order valence-electron chi connectivity index (χ4n) is 2.28. The first-order chi connectivity index (χ1) is 8.60. The Morgan fingerprint density at radius 2 is 2.44 bits per heavy atom. The van der Waals surface area contributed by atoms with Crippen molar-refractivity contribution < 1.29 is 5.11 Å². The zero-order valence-electron chi connectivity index (χ0n) is 9.73. The molecule has 0 bridgehead atoms. The van der Waals surface area contributed by atoms with Crippen LogP contribution in [0.1, 0.15) is 17.7 Å². The number of thioether (sulfide) groups is 1. The second kappa shape index (κ2) is 4.00. The van der Waals surface area contributed by atoms with Crippen molar-refractivity contribution in [2.24, 2.45) is 5.73 Å². The van der Waals surface area contributed by atoms with E-state index >= 15 is 0 Å². The summed E-state index contributed by atoms with van der Waals surface area (Å²) in [4.78, 5) is 7.37. The Labute approximate surface area is 108 Å². The molecule has 2 aromatic rings. The van der Waals surface area contributed by atoms with E-state index in [-0.39, 0.29) is 5.84 Å². The van der Waals surface area contributed by atoms with Crippen molar-refractivity contribution in [1.82, 2.24) is 9.97 Å². The molecule has 94 valence electrons. The summed E-state index contributed by atoms with van der Waals surface area (Å²) in [6, 6.07) is 3.58. The fraction of sp³-hybridized carbons (Fsp3) is 0.333. The third kappa shape index (κ3) is 1.69. The predicted molar refractivity (Wildman–Crippen MR) is 72.9 cm³/mol. The van der Waals surface area contributed by atoms with Gasteiger partial charge in [-0.2, -0.15) is 11.8 Å². The average molecular weight is 262 g/mol. The van der Waals surface area contributed by atoms with Gasteiger partial charge in [-0.05, 0) is 24.3 Å². The van der Waals surface area contributed by atoms with Crippen molar-refractivity contribution in [2.45, 2.75) is 12.0 Å². The number of rotatable bonds is 2. The number of aliphatic hydroxyl groups is 1. The molecule has 0 spiro atoms. The van der Waals surface area contributed by atoms with Gasteiger partial charge in [-0.25, -0.2) is 4.98 Å². The van der Waals surface area contributed by atoms with Gasteiger partial charge in [-0.3, -0.25) is 5.41 Å². The molecule has 0 amide bonds. The van der Waals surface area contributed by atoms with E-state index in [1.165, 1.54) is 0 Å². The molecule has 5 N–H and O–H groups in total. The van der Waals surface area contributed by atoms with Crippen LogP contribution in [0.25, 0.3) is 11.0 Å². The number of nitrogens with two attached hydrogens (primary N) is 1. The highest BCUT2D eigenvalue weighted by molar-refractivity contribution is 7.99. The molecular formula is C12H14N4OS. The first-order valence-electron chi connectivity index (χ1n) is 5.73. The number of aromatic nitrogens is 2. The second-order valence-electron chi connectivity index (χ2n) is 4.55. The van der Waals surface area contributed by atoms with Gasteiger partial charge in [0, 0.05) is 22.9 Å². The summed E-state index contributed by atoms with van der Waals surface area (Å²) < 4.78 is 0. The van der Waals surface area contributed by atoms with Crippen LogP contribution in [0.3, 0.4) is 0 Å². The minimum absolute atomic E-state index is 0.0146. The summed E-state index contributed by atoms with van der Waals surface area (Å²) in [6.45, 7) is 0. The summed E-state index contributed by atoms with van der Waals surface area (Å²) in [5.74, 6) is 1.66. The van der Waals surface area contributed by atoms with Gasteiger partial charge < -0.3 is 15.8 Å². The largest absolute Gasteiger partial charge is 0.384 e. The number of nitrogens with zero attached hydrogens (tertiary/aromatic N) is 1. The molecule has 1 unspecified atom stereocenters. The van der Waals surface area contributed by atoms with Crippen molar-refractivity contribution >= 4 is 28.6 Å². The van der Waals surface area contributed by atoms with Crippen LogP contribution in [0.5, 0.6) is 0 Å². The minimum Gasteiger partial charge on any atom is -0.384 e. The molecule has 1 saturated heterocycles. The van der Waals surface area contributed by atoms with E-state index in [0.717, 1.165) is 23.3 Å². The molecule has 6 heteroatoms. The Morgan fingerprint density at radius 3 is 3.11 bits per heavy atom. The number of hydrogen-bond donors (Lipinski definition) is 4. The lowest BCUT2D eigenvalue weighted by Gasteiger charge is -2.19. The first-order valence-corrected chi connectivity index (χ1v) is 6.88. The van der Waals surface area contributed by atoms with E-state index in [0.29, 0.717) is 17.0 Å². The van der Waals surface area contributed by atoms with Gasteiger partial charge in [0.15, 0.2) is 0 Å². The van der Waals surface area contributed by atoms with E-state index in [4.69, 9.17) is 11.1 Å². The van der Waals surface area contributed by atoms with Crippen molar-refractivity contribution in [2.75, 3.05) is 11.5 Å². The van der Waals surface area contributed by atoms with E-state index in [9.17, 15) is 5.11 Å². The van der Waals surface area contributed by atoms with Crippen molar-refractivity contribution in [3.05, 3.63) is 29.6 Å². The first kappa shape index (κ1) is 11.6. The van der Waals surface area contributed by atoms with Gasteiger partial charge in [-0.1, -0.05) is 0 Å². The van der Waals surface area contributed by atoms with E-state index in [1.54, 1.807) is 24.0 Å². The molecule has 2 aromatic heterocycles. The lowest BCUT2D eigenvalue weighted by Crippen LogP contribution is -2.25. The van der Waals surface area contributed by atoms with Crippen LogP contribution in [0.15, 0.2) is 18.3 Å². The number of hydrogen-bond acceptors (Lipinski definition) is 4. The Bertz CT molecular complexity index is 616. The molecular weight excluding hydrogens is 248 g/mol. The third-order valence-electron chi connectivity index (χ3n) is 3.32. The summed E-state index contributed by atoms with van der Waals surface area (Å²) in [5, 5.41) is 18.9. The maximum absolute atomic E-state index is 10.5. The zero-order valence-corrected chi connectivity index (χ0v) is 10.5. The number of aromatic amines is 1. The van der Waals surface area contributed by atoms with Crippen LogP contribution in [-0.4, -0.2) is 32.4 Å². The number of H-pyrrole nitrogens is 1. The normalized spacial score (nSPS) is 23.6. The third-order valence-corrected chi connectivity index (χ3v) is 4.50. The molecule has 1 atom stereocenters. The van der Waals surface area contributed by atoms with Crippen molar-refractivity contribution in [3.8, 4) is 0 Å². The highest BCUT2D eigenvalue weighted by Gasteiger charge is 2.35. The Balaban J connectivity index is 2.16. The number of nitrogens with one attached hydrogen (secondary N) is 2. The highest BCUT2D eigenvalue weighted by Crippen LogP contribution is 2.37. The predicted octanol–water partition coefficient (Wildman–Crippen LogP) is 1.17. The maximum atomic E-state index is 10.5. The number of fused-ring (bicyclic) bond motifs is 1. The molecule has 0 aromatic carbocycles. The zero-order chi connectivity index (χ0) is 12.8. The van der Waals surface area contributed by atoms with Crippen molar-refractivity contribution in [3.63, 3.8) is 0 Å². The molecule has 3 rings (SSSR count). The quantitative estimate of drug-likeness (QED) is 0.482. The average Bonchev–Trinajstić information content (AvgIpc) is 2.94. The Hall–Kier alpha value is -1.53. The maximum Gasteiger partial charge on any atom is 0.138 e. The van der Waals surface area contributed by atoms with Gasteiger partial charge in [0.2, 0.25) is 0 Å². The smallest absolute Gasteiger partial charge is 0.138 e. The SMILES string of the molecule is N=C(N)c1ccnc2[nH]c(C3(O)CCSC3)cc12. The van der Waals surface area contributed by atoms with Crippen LogP contribution in [-0.2, 0) is 5.60 Å². The summed E-state index contributed by atoms with van der Waals surface area (Å²) >= 11 is 1.74. The molecule has 3 heterocycles. The van der Waals surface area contributed by atoms with Gasteiger partial charge >= 0.3 is 0 Å². The Kier molecular flexibility index (Phi) is 2.57. The van der Waals surface area contributed by atoms with Crippen LogP contribution in [0, 0.1) is 5.41 Å². The molecule has 1 aliphatic heterocycles. The van der Waals surface area contributed by atoms with Gasteiger partial charge in [0.05, 0.1) is 5.69 Å². The number of amidine groups is 1. The molecule has 1 fully saturated rings. The van der Waals surface area contributed by atoms with Crippen LogP contribution in [0.4, 0.5) is 0 Å². The fourth-order valence-corrected chi connectivity index (χ4v) is 3.54. The standard InChI is InChI=1S/C12H14N4OS/c13-10(14)7-1-3-15-11-8(7)5-9(16-11)12(17)2-4-18-6-12/h1,3,5,17H,2,4,6H2,(H3,13,14)(H,15,16). The van der Waals surface area contributed by atoms with Gasteiger partial charge in [-0.15, -0.1) is 0 Å². The molecule has 1 aliphatic rings. The monoisotopic (exact) mass is 262 g/mol. The summed E-state index contributed by atoms with van der Waals surface area (Å²) in [5.41, 5.74) is 6.83. The molecule has 5 nitrogen and oxygen atoms in total. The van der Waals surface area contributed by atoms with E-state index in [2.05, 4.69) is 9.97 Å². The number of nitrogen functional groups attached to an aromatic ring is 1. The van der Waals surface area contributed by atoms with E-state index < -0.39 is 5.60 Å². The van der Waals surface area contributed by atoms with Crippen LogP contribution in [0.2, 0.25) is 0 Å². The lowest BCUT2D eigenvalue weighted by atomic mass is 9.99. The lowest BCUT2D eigenvalue weighted by molar-refractivity contribution is 0.0619. The molecule has 0 radical (unpaired) electrons. The van der Waals surface area contributed by atoms with E-state index in [1.807, 2.05) is 6.07 Å².